The Labute approximate surface area is 162 Å². The summed E-state index contributed by atoms with van der Waals surface area (Å²) in [7, 11) is 0. The van der Waals surface area contributed by atoms with Gasteiger partial charge in [-0.15, -0.1) is 0 Å². The van der Waals surface area contributed by atoms with Gasteiger partial charge in [-0.05, 0) is 43.3 Å². The number of carbonyl (C=O) groups is 3. The van der Waals surface area contributed by atoms with Crippen LogP contribution in [0.1, 0.15) is 22.3 Å². The molecule has 0 bridgehead atoms. The van der Waals surface area contributed by atoms with Gasteiger partial charge < -0.3 is 21.2 Å². The van der Waals surface area contributed by atoms with E-state index in [9.17, 15) is 14.4 Å². The SMILES string of the molecule is C=C(CC(=O)Nc1ccc(C(N)=O)cc1)NNC(=O)COc1ccc(C)cc1. The van der Waals surface area contributed by atoms with Crippen molar-refractivity contribution in [2.24, 2.45) is 5.73 Å². The first kappa shape index (κ1) is 20.5. The Hall–Kier alpha value is -3.81. The monoisotopic (exact) mass is 382 g/mol. The first-order chi connectivity index (χ1) is 13.3. The molecular weight excluding hydrogens is 360 g/mol. The van der Waals surface area contributed by atoms with Gasteiger partial charge in [-0.3, -0.25) is 19.8 Å². The number of carbonyl (C=O) groups excluding carboxylic acids is 3. The second-order valence-corrected chi connectivity index (χ2v) is 6.05. The van der Waals surface area contributed by atoms with Crippen molar-refractivity contribution >= 4 is 23.4 Å². The number of hydrogen-bond acceptors (Lipinski definition) is 5. The molecule has 0 aromatic heterocycles. The van der Waals surface area contributed by atoms with Crippen molar-refractivity contribution in [1.82, 2.24) is 10.9 Å². The lowest BCUT2D eigenvalue weighted by atomic mass is 10.2. The molecule has 0 aliphatic heterocycles. The highest BCUT2D eigenvalue weighted by Crippen LogP contribution is 2.11. The van der Waals surface area contributed by atoms with Crippen molar-refractivity contribution in [3.05, 3.63) is 71.9 Å². The lowest BCUT2D eigenvalue weighted by Gasteiger charge is -2.12. The molecule has 0 spiro atoms. The van der Waals surface area contributed by atoms with E-state index in [1.54, 1.807) is 24.3 Å². The van der Waals surface area contributed by atoms with Gasteiger partial charge in [0.05, 0.1) is 6.42 Å². The van der Waals surface area contributed by atoms with Gasteiger partial charge in [0.1, 0.15) is 5.75 Å². The minimum Gasteiger partial charge on any atom is -0.484 e. The maximum atomic E-state index is 12.0. The third-order valence-electron chi connectivity index (χ3n) is 3.60. The molecule has 2 rings (SSSR count). The van der Waals surface area contributed by atoms with Crippen molar-refractivity contribution in [2.75, 3.05) is 11.9 Å². The molecule has 0 unspecified atom stereocenters. The van der Waals surface area contributed by atoms with E-state index >= 15 is 0 Å². The van der Waals surface area contributed by atoms with Gasteiger partial charge in [0, 0.05) is 16.9 Å². The zero-order chi connectivity index (χ0) is 20.5. The molecule has 5 N–H and O–H groups in total. The van der Waals surface area contributed by atoms with Crippen LogP contribution < -0.4 is 26.6 Å². The first-order valence-corrected chi connectivity index (χ1v) is 8.45. The zero-order valence-electron chi connectivity index (χ0n) is 15.5. The Kier molecular flexibility index (Phi) is 7.15. The molecule has 0 radical (unpaired) electrons. The topological polar surface area (TPSA) is 123 Å². The van der Waals surface area contributed by atoms with Crippen molar-refractivity contribution in [1.29, 1.82) is 0 Å². The summed E-state index contributed by atoms with van der Waals surface area (Å²) < 4.78 is 5.35. The highest BCUT2D eigenvalue weighted by molar-refractivity contribution is 5.95. The van der Waals surface area contributed by atoms with E-state index in [0.717, 1.165) is 5.56 Å². The van der Waals surface area contributed by atoms with Crippen LogP contribution in [-0.2, 0) is 9.59 Å². The maximum Gasteiger partial charge on any atom is 0.276 e. The van der Waals surface area contributed by atoms with Crippen LogP contribution in [0.25, 0.3) is 0 Å². The smallest absolute Gasteiger partial charge is 0.276 e. The highest BCUT2D eigenvalue weighted by Gasteiger charge is 2.08. The number of anilines is 1. The Morgan fingerprint density at radius 3 is 2.21 bits per heavy atom. The van der Waals surface area contributed by atoms with Crippen molar-refractivity contribution < 1.29 is 19.1 Å². The van der Waals surface area contributed by atoms with Crippen molar-refractivity contribution in [3.63, 3.8) is 0 Å². The molecule has 0 fully saturated rings. The predicted octanol–water partition coefficient (Wildman–Crippen LogP) is 1.64. The van der Waals surface area contributed by atoms with E-state index < -0.39 is 11.8 Å². The minimum absolute atomic E-state index is 0.0589. The number of aryl methyl sites for hydroxylation is 1. The van der Waals surface area contributed by atoms with Gasteiger partial charge in [0.25, 0.3) is 5.91 Å². The largest absolute Gasteiger partial charge is 0.484 e. The van der Waals surface area contributed by atoms with Crippen molar-refractivity contribution in [2.45, 2.75) is 13.3 Å². The molecule has 0 aliphatic carbocycles. The summed E-state index contributed by atoms with van der Waals surface area (Å²) in [6.07, 6.45) is -0.0589. The Bertz CT molecular complexity index is 861. The van der Waals surface area contributed by atoms with Gasteiger partial charge in [-0.25, -0.2) is 0 Å². The summed E-state index contributed by atoms with van der Waals surface area (Å²) in [5.74, 6) is -0.711. The Morgan fingerprint density at radius 2 is 1.61 bits per heavy atom. The second-order valence-electron chi connectivity index (χ2n) is 6.05. The van der Waals surface area contributed by atoms with Crippen LogP contribution in [0, 0.1) is 6.92 Å². The number of hydrazine groups is 1. The Morgan fingerprint density at radius 1 is 0.964 bits per heavy atom. The molecule has 0 atom stereocenters. The fraction of sp³-hybridized carbons (Fsp3) is 0.150. The van der Waals surface area contributed by atoms with Crippen LogP contribution in [0.2, 0.25) is 0 Å². The van der Waals surface area contributed by atoms with Crippen LogP contribution in [0.15, 0.2) is 60.8 Å². The molecule has 146 valence electrons. The number of nitrogens with one attached hydrogen (secondary N) is 3. The van der Waals surface area contributed by atoms with Crippen LogP contribution >= 0.6 is 0 Å². The number of nitrogens with two attached hydrogens (primary N) is 1. The Balaban J connectivity index is 1.69. The van der Waals surface area contributed by atoms with E-state index in [-0.39, 0.29) is 18.9 Å². The fourth-order valence-electron chi connectivity index (χ4n) is 2.14. The summed E-state index contributed by atoms with van der Waals surface area (Å²) >= 11 is 0. The third kappa shape index (κ3) is 6.83. The van der Waals surface area contributed by atoms with Gasteiger partial charge in [0.2, 0.25) is 11.8 Å². The average molecular weight is 382 g/mol. The highest BCUT2D eigenvalue weighted by atomic mass is 16.5. The van der Waals surface area contributed by atoms with E-state index in [4.69, 9.17) is 10.5 Å². The molecule has 0 saturated carbocycles. The molecule has 0 saturated heterocycles. The van der Waals surface area contributed by atoms with Crippen LogP contribution in [0.5, 0.6) is 5.75 Å². The van der Waals surface area contributed by atoms with E-state index in [2.05, 4.69) is 22.7 Å². The fourth-order valence-corrected chi connectivity index (χ4v) is 2.14. The number of rotatable bonds is 9. The van der Waals surface area contributed by atoms with Crippen molar-refractivity contribution in [3.8, 4) is 5.75 Å². The summed E-state index contributed by atoms with van der Waals surface area (Å²) in [4.78, 5) is 34.8. The second kappa shape index (κ2) is 9.77. The molecule has 0 heterocycles. The number of ether oxygens (including phenoxy) is 1. The molecule has 8 heteroatoms. The van der Waals surface area contributed by atoms with Gasteiger partial charge in [-0.2, -0.15) is 0 Å². The molecular formula is C20H22N4O4. The molecule has 2 aromatic carbocycles. The van der Waals surface area contributed by atoms with Gasteiger partial charge in [-0.1, -0.05) is 24.3 Å². The van der Waals surface area contributed by atoms with E-state index in [0.29, 0.717) is 22.7 Å². The summed E-state index contributed by atoms with van der Waals surface area (Å²) in [6.45, 7) is 5.46. The molecule has 8 nitrogen and oxygen atoms in total. The molecule has 0 aliphatic rings. The van der Waals surface area contributed by atoms with Gasteiger partial charge >= 0.3 is 0 Å². The van der Waals surface area contributed by atoms with Gasteiger partial charge in [0.15, 0.2) is 6.61 Å². The third-order valence-corrected chi connectivity index (χ3v) is 3.60. The first-order valence-electron chi connectivity index (χ1n) is 8.45. The lowest BCUT2D eigenvalue weighted by molar-refractivity contribution is -0.124. The molecule has 2 aromatic rings. The minimum atomic E-state index is -0.544. The number of amides is 3. The maximum absolute atomic E-state index is 12.0. The van der Waals surface area contributed by atoms with Crippen LogP contribution in [0.3, 0.4) is 0 Å². The number of hydrogen-bond donors (Lipinski definition) is 4. The van der Waals surface area contributed by atoms with E-state index in [1.807, 2.05) is 19.1 Å². The predicted molar refractivity (Wildman–Crippen MR) is 105 cm³/mol. The average Bonchev–Trinajstić information content (AvgIpc) is 2.66. The number of benzene rings is 2. The number of primary amides is 1. The normalized spacial score (nSPS) is 9.89. The summed E-state index contributed by atoms with van der Waals surface area (Å²) in [5.41, 5.74) is 12.4. The standard InChI is InChI=1S/C20H22N4O4/c1-13-3-9-17(10-4-13)28-12-19(26)24-23-14(2)11-18(25)22-16-7-5-15(6-8-16)20(21)27/h3-10,23H,2,11-12H2,1H3,(H2,21,27)(H,22,25)(H,24,26). The molecule has 3 amide bonds. The summed E-state index contributed by atoms with van der Waals surface area (Å²) in [5, 5.41) is 2.65. The quantitative estimate of drug-likeness (QED) is 0.491. The molecule has 28 heavy (non-hydrogen) atoms. The van der Waals surface area contributed by atoms with Crippen LogP contribution in [-0.4, -0.2) is 24.3 Å². The zero-order valence-corrected chi connectivity index (χ0v) is 15.5. The summed E-state index contributed by atoms with van der Waals surface area (Å²) in [6, 6.07) is 13.5. The lowest BCUT2D eigenvalue weighted by Crippen LogP contribution is -2.40. The van der Waals surface area contributed by atoms with Crippen LogP contribution in [0.4, 0.5) is 5.69 Å². The van der Waals surface area contributed by atoms with E-state index in [1.165, 1.54) is 12.1 Å².